The van der Waals surface area contributed by atoms with Crippen molar-refractivity contribution in [3.63, 3.8) is 0 Å². The number of hydrogen-bond donors (Lipinski definition) is 1. The van der Waals surface area contributed by atoms with Crippen LogP contribution >= 0.6 is 0 Å². The van der Waals surface area contributed by atoms with Gasteiger partial charge in [-0.1, -0.05) is 6.07 Å². The van der Waals surface area contributed by atoms with Gasteiger partial charge in [0, 0.05) is 32.2 Å². The van der Waals surface area contributed by atoms with Crippen LogP contribution in [0, 0.1) is 0 Å². The minimum absolute atomic E-state index is 0.198. The first-order chi connectivity index (χ1) is 13.2. The SMILES string of the molecule is Cn1cncc1CN1CCC[C@@H]1c1cccc(C(=O)Nc2cnccn2)n1. The largest absolute Gasteiger partial charge is 0.337 e. The fraction of sp³-hybridized carbons (Fsp3) is 0.316. The quantitative estimate of drug-likeness (QED) is 0.747. The van der Waals surface area contributed by atoms with E-state index in [0.717, 1.165) is 31.6 Å². The Balaban J connectivity index is 1.51. The number of nitrogens with one attached hydrogen (secondary N) is 1. The van der Waals surface area contributed by atoms with Crippen molar-refractivity contribution < 1.29 is 4.79 Å². The van der Waals surface area contributed by atoms with Crippen LogP contribution in [0.5, 0.6) is 0 Å². The van der Waals surface area contributed by atoms with Crippen LogP contribution < -0.4 is 5.32 Å². The Morgan fingerprint density at radius 3 is 2.96 bits per heavy atom. The zero-order valence-corrected chi connectivity index (χ0v) is 15.1. The summed E-state index contributed by atoms with van der Waals surface area (Å²) in [6.45, 7) is 1.83. The van der Waals surface area contributed by atoms with Gasteiger partial charge < -0.3 is 9.88 Å². The van der Waals surface area contributed by atoms with Crippen molar-refractivity contribution >= 4 is 11.7 Å². The van der Waals surface area contributed by atoms with E-state index in [-0.39, 0.29) is 11.9 Å². The molecule has 0 radical (unpaired) electrons. The molecule has 0 unspecified atom stereocenters. The van der Waals surface area contributed by atoms with E-state index in [4.69, 9.17) is 0 Å². The number of carbonyl (C=O) groups excluding carboxylic acids is 1. The molecule has 3 aromatic rings. The number of carbonyl (C=O) groups is 1. The third-order valence-electron chi connectivity index (χ3n) is 4.79. The fourth-order valence-corrected chi connectivity index (χ4v) is 3.40. The summed E-state index contributed by atoms with van der Waals surface area (Å²) < 4.78 is 2.04. The zero-order valence-electron chi connectivity index (χ0n) is 15.1. The zero-order chi connectivity index (χ0) is 18.6. The van der Waals surface area contributed by atoms with E-state index in [9.17, 15) is 4.79 Å². The molecular formula is C19H21N7O. The number of anilines is 1. The molecule has 1 atom stereocenters. The van der Waals surface area contributed by atoms with E-state index in [1.165, 1.54) is 18.1 Å². The monoisotopic (exact) mass is 363 g/mol. The number of aromatic nitrogens is 5. The minimum Gasteiger partial charge on any atom is -0.337 e. The summed E-state index contributed by atoms with van der Waals surface area (Å²) in [6, 6.07) is 5.79. The van der Waals surface area contributed by atoms with Gasteiger partial charge in [-0.3, -0.25) is 14.7 Å². The molecule has 1 amide bonds. The highest BCUT2D eigenvalue weighted by molar-refractivity contribution is 6.02. The van der Waals surface area contributed by atoms with Gasteiger partial charge in [-0.15, -0.1) is 0 Å². The maximum atomic E-state index is 12.5. The number of pyridine rings is 1. The van der Waals surface area contributed by atoms with Gasteiger partial charge in [0.1, 0.15) is 5.69 Å². The van der Waals surface area contributed by atoms with Crippen LogP contribution in [0.1, 0.15) is 40.8 Å². The van der Waals surface area contributed by atoms with Crippen LogP contribution in [0.3, 0.4) is 0 Å². The number of likely N-dealkylation sites (tertiary alicyclic amines) is 1. The summed E-state index contributed by atoms with van der Waals surface area (Å²) in [5.41, 5.74) is 2.46. The van der Waals surface area contributed by atoms with E-state index in [1.54, 1.807) is 12.3 Å². The number of imidazole rings is 1. The second-order valence-electron chi connectivity index (χ2n) is 6.62. The van der Waals surface area contributed by atoms with Crippen molar-refractivity contribution in [1.29, 1.82) is 0 Å². The first-order valence-electron chi connectivity index (χ1n) is 8.94. The lowest BCUT2D eigenvalue weighted by molar-refractivity contribution is 0.102. The molecule has 0 saturated carbocycles. The first-order valence-corrected chi connectivity index (χ1v) is 8.94. The third kappa shape index (κ3) is 3.85. The van der Waals surface area contributed by atoms with Crippen LogP contribution in [-0.2, 0) is 13.6 Å². The van der Waals surface area contributed by atoms with Gasteiger partial charge in [-0.25, -0.2) is 15.0 Å². The number of amides is 1. The molecular weight excluding hydrogens is 342 g/mol. The normalized spacial score (nSPS) is 17.1. The van der Waals surface area contributed by atoms with Crippen LogP contribution in [0.25, 0.3) is 0 Å². The average molecular weight is 363 g/mol. The minimum atomic E-state index is -0.284. The standard InChI is InChI=1S/C19H21N7O/c1-25-13-21-10-14(25)12-26-9-3-6-17(26)15-4-2-5-16(23-15)19(27)24-18-11-20-7-8-22-18/h2,4-5,7-8,10-11,13,17H,3,6,9,12H2,1H3,(H,22,24,27)/t17-/m1/s1. The summed E-state index contributed by atoms with van der Waals surface area (Å²) in [7, 11) is 2.00. The van der Waals surface area contributed by atoms with Crippen molar-refractivity contribution in [2.45, 2.75) is 25.4 Å². The molecule has 1 fully saturated rings. The Kier molecular flexibility index (Phi) is 4.88. The van der Waals surface area contributed by atoms with E-state index >= 15 is 0 Å². The van der Waals surface area contributed by atoms with Crippen molar-refractivity contribution in [3.05, 3.63) is 66.4 Å². The molecule has 4 heterocycles. The second kappa shape index (κ2) is 7.63. The summed E-state index contributed by atoms with van der Waals surface area (Å²) in [5.74, 6) is 0.127. The van der Waals surface area contributed by atoms with E-state index in [1.807, 2.05) is 36.3 Å². The highest BCUT2D eigenvalue weighted by Gasteiger charge is 2.28. The second-order valence-corrected chi connectivity index (χ2v) is 6.62. The molecule has 138 valence electrons. The molecule has 0 bridgehead atoms. The predicted octanol–water partition coefficient (Wildman–Crippen LogP) is 2.19. The maximum Gasteiger partial charge on any atom is 0.275 e. The molecule has 4 rings (SSSR count). The van der Waals surface area contributed by atoms with Gasteiger partial charge in [0.15, 0.2) is 5.82 Å². The summed E-state index contributed by atoms with van der Waals surface area (Å²) in [4.78, 5) is 31.7. The summed E-state index contributed by atoms with van der Waals surface area (Å²) >= 11 is 0. The lowest BCUT2D eigenvalue weighted by atomic mass is 10.1. The smallest absolute Gasteiger partial charge is 0.275 e. The number of hydrogen-bond acceptors (Lipinski definition) is 6. The number of nitrogens with zero attached hydrogens (tertiary/aromatic N) is 6. The molecule has 3 aromatic heterocycles. The predicted molar refractivity (Wildman–Crippen MR) is 99.8 cm³/mol. The van der Waals surface area contributed by atoms with Gasteiger partial charge >= 0.3 is 0 Å². The number of aryl methyl sites for hydroxylation is 1. The fourth-order valence-electron chi connectivity index (χ4n) is 3.40. The maximum absolute atomic E-state index is 12.5. The van der Waals surface area contributed by atoms with Crippen LogP contribution in [0.2, 0.25) is 0 Å². The Hall–Kier alpha value is -3.13. The van der Waals surface area contributed by atoms with E-state index < -0.39 is 0 Å². The van der Waals surface area contributed by atoms with Crippen LogP contribution in [0.4, 0.5) is 5.82 Å². The van der Waals surface area contributed by atoms with Gasteiger partial charge in [0.2, 0.25) is 0 Å². The highest BCUT2D eigenvalue weighted by atomic mass is 16.1. The Morgan fingerprint density at radius 1 is 1.26 bits per heavy atom. The van der Waals surface area contributed by atoms with Crippen molar-refractivity contribution in [3.8, 4) is 0 Å². The summed E-state index contributed by atoms with van der Waals surface area (Å²) in [6.07, 6.45) is 10.5. The molecule has 0 spiro atoms. The highest BCUT2D eigenvalue weighted by Crippen LogP contribution is 2.32. The molecule has 1 aliphatic heterocycles. The lowest BCUT2D eigenvalue weighted by Gasteiger charge is -2.24. The van der Waals surface area contributed by atoms with Crippen molar-refractivity contribution in [2.24, 2.45) is 7.05 Å². The van der Waals surface area contributed by atoms with Gasteiger partial charge in [-0.05, 0) is 31.5 Å². The van der Waals surface area contributed by atoms with Gasteiger partial charge in [-0.2, -0.15) is 0 Å². The first kappa shape index (κ1) is 17.3. The molecule has 27 heavy (non-hydrogen) atoms. The molecule has 1 saturated heterocycles. The Labute approximate surface area is 157 Å². The van der Waals surface area contributed by atoms with E-state index in [0.29, 0.717) is 11.5 Å². The Morgan fingerprint density at radius 2 is 2.19 bits per heavy atom. The molecule has 1 N–H and O–H groups in total. The molecule has 0 aromatic carbocycles. The number of rotatable bonds is 5. The molecule has 8 nitrogen and oxygen atoms in total. The van der Waals surface area contributed by atoms with Crippen LogP contribution in [0.15, 0.2) is 49.3 Å². The van der Waals surface area contributed by atoms with Crippen molar-refractivity contribution in [1.82, 2.24) is 29.4 Å². The van der Waals surface area contributed by atoms with Crippen LogP contribution in [-0.4, -0.2) is 41.9 Å². The van der Waals surface area contributed by atoms with E-state index in [2.05, 4.69) is 30.2 Å². The lowest BCUT2D eigenvalue weighted by Crippen LogP contribution is -2.25. The molecule has 1 aliphatic rings. The molecule has 8 heteroatoms. The van der Waals surface area contributed by atoms with Crippen molar-refractivity contribution in [2.75, 3.05) is 11.9 Å². The summed E-state index contributed by atoms with van der Waals surface area (Å²) in [5, 5.41) is 2.73. The third-order valence-corrected chi connectivity index (χ3v) is 4.79. The molecule has 0 aliphatic carbocycles. The average Bonchev–Trinajstić information content (AvgIpc) is 3.32. The van der Waals surface area contributed by atoms with Gasteiger partial charge in [0.05, 0.1) is 30.0 Å². The Bertz CT molecular complexity index is 925. The van der Waals surface area contributed by atoms with Gasteiger partial charge in [0.25, 0.3) is 5.91 Å². The topological polar surface area (TPSA) is 88.8 Å².